The lowest BCUT2D eigenvalue weighted by Gasteiger charge is -2.41. The van der Waals surface area contributed by atoms with E-state index in [0.717, 1.165) is 70.6 Å². The van der Waals surface area contributed by atoms with Gasteiger partial charge in [-0.15, -0.1) is 0 Å². The first-order valence-corrected chi connectivity index (χ1v) is 35.8. The summed E-state index contributed by atoms with van der Waals surface area (Å²) < 4.78 is 17.7. The van der Waals surface area contributed by atoms with Crippen LogP contribution in [0.25, 0.3) is 0 Å². The molecule has 1 fully saturated rings. The van der Waals surface area contributed by atoms with Crippen molar-refractivity contribution in [2.75, 3.05) is 13.2 Å². The number of ether oxygens (including phenoxy) is 3. The molecule has 0 aromatic rings. The van der Waals surface area contributed by atoms with Gasteiger partial charge < -0.3 is 45.1 Å². The zero-order valence-corrected chi connectivity index (χ0v) is 54.3. The Bertz CT molecular complexity index is 1490. The largest absolute Gasteiger partial charge is 0.454 e. The van der Waals surface area contributed by atoms with Crippen molar-refractivity contribution >= 4 is 11.9 Å². The van der Waals surface area contributed by atoms with Crippen LogP contribution in [0.15, 0.2) is 36.5 Å². The summed E-state index contributed by atoms with van der Waals surface area (Å²) in [6.07, 6.45) is 63.4. The molecule has 1 saturated heterocycles. The third-order valence-electron chi connectivity index (χ3n) is 17.0. The Morgan fingerprint density at radius 3 is 1.17 bits per heavy atom. The van der Waals surface area contributed by atoms with Gasteiger partial charge in [0, 0.05) is 6.42 Å². The van der Waals surface area contributed by atoms with Crippen LogP contribution in [0.1, 0.15) is 348 Å². The maximum absolute atomic E-state index is 13.4. The van der Waals surface area contributed by atoms with Crippen molar-refractivity contribution in [1.82, 2.24) is 5.32 Å². The third-order valence-corrected chi connectivity index (χ3v) is 17.0. The normalized spacial score (nSPS) is 18.7. The summed E-state index contributed by atoms with van der Waals surface area (Å²) in [7, 11) is 0. The Kier molecular flexibility index (Phi) is 57.2. The lowest BCUT2D eigenvalue weighted by atomic mass is 9.99. The number of aliphatic hydroxyl groups excluding tert-OH is 5. The van der Waals surface area contributed by atoms with Gasteiger partial charge in [-0.2, -0.15) is 0 Å². The number of carbonyl (C=O) groups is 2. The van der Waals surface area contributed by atoms with E-state index in [9.17, 15) is 35.1 Å². The number of aliphatic hydroxyl groups is 5. The second kappa shape index (κ2) is 60.2. The molecule has 1 amide bonds. The summed E-state index contributed by atoms with van der Waals surface area (Å²) in [4.78, 5) is 26.6. The van der Waals surface area contributed by atoms with Crippen LogP contribution in [0.5, 0.6) is 0 Å². The van der Waals surface area contributed by atoms with Crippen molar-refractivity contribution in [3.8, 4) is 0 Å². The Morgan fingerprint density at radius 1 is 0.458 bits per heavy atom. The van der Waals surface area contributed by atoms with Crippen LogP contribution >= 0.6 is 0 Å². The number of unbranched alkanes of at least 4 members (excludes halogenated alkanes) is 44. The molecule has 8 atom stereocenters. The van der Waals surface area contributed by atoms with Gasteiger partial charge in [-0.3, -0.25) is 9.59 Å². The van der Waals surface area contributed by atoms with E-state index in [1.54, 1.807) is 6.08 Å². The van der Waals surface area contributed by atoms with E-state index in [-0.39, 0.29) is 19.4 Å². The highest BCUT2D eigenvalue weighted by molar-refractivity contribution is 5.80. The van der Waals surface area contributed by atoms with E-state index >= 15 is 0 Å². The molecule has 0 aliphatic carbocycles. The predicted molar refractivity (Wildman–Crippen MR) is 347 cm³/mol. The van der Waals surface area contributed by atoms with Crippen LogP contribution in [0, 0.1) is 0 Å². The van der Waals surface area contributed by atoms with Gasteiger partial charge in [0.05, 0.1) is 25.4 Å². The van der Waals surface area contributed by atoms with Crippen molar-refractivity contribution in [2.45, 2.75) is 397 Å². The smallest absolute Gasteiger partial charge is 0.306 e. The van der Waals surface area contributed by atoms with E-state index in [1.807, 2.05) is 6.08 Å². The number of esters is 1. The summed E-state index contributed by atoms with van der Waals surface area (Å²) in [5.41, 5.74) is 0. The third kappa shape index (κ3) is 47.6. The molecule has 0 aromatic carbocycles. The lowest BCUT2D eigenvalue weighted by Crippen LogP contribution is -2.61. The van der Waals surface area contributed by atoms with E-state index in [1.165, 1.54) is 231 Å². The highest BCUT2D eigenvalue weighted by atomic mass is 16.7. The predicted octanol–water partition coefficient (Wildman–Crippen LogP) is 18.2. The van der Waals surface area contributed by atoms with Crippen molar-refractivity contribution in [3.05, 3.63) is 36.5 Å². The Labute approximate surface area is 511 Å². The molecule has 1 aliphatic rings. The number of hydrogen-bond donors (Lipinski definition) is 6. The highest BCUT2D eigenvalue weighted by Crippen LogP contribution is 2.26. The Hall–Kier alpha value is -2.12. The van der Waals surface area contributed by atoms with Gasteiger partial charge in [0.25, 0.3) is 0 Å². The molecule has 11 heteroatoms. The molecular formula is C72H135NO10. The molecule has 0 saturated carbocycles. The minimum absolute atomic E-state index is 0.127. The molecule has 0 spiro atoms. The molecular weight excluding hydrogens is 1040 g/mol. The first kappa shape index (κ1) is 78.9. The highest BCUT2D eigenvalue weighted by Gasteiger charge is 2.47. The summed E-state index contributed by atoms with van der Waals surface area (Å²) >= 11 is 0. The quantitative estimate of drug-likeness (QED) is 0.0195. The molecule has 1 rings (SSSR count). The zero-order valence-electron chi connectivity index (χ0n) is 54.3. The minimum atomic E-state index is -1.61. The van der Waals surface area contributed by atoms with Gasteiger partial charge in [-0.25, -0.2) is 0 Å². The number of nitrogens with one attached hydrogen (secondary N) is 1. The number of carbonyl (C=O) groups excluding carboxylic acids is 2. The molecule has 0 aromatic heterocycles. The summed E-state index contributed by atoms with van der Waals surface area (Å²) in [6, 6.07) is -1.02. The first-order chi connectivity index (χ1) is 40.7. The van der Waals surface area contributed by atoms with Gasteiger partial charge in [0.2, 0.25) is 5.91 Å². The molecule has 0 radical (unpaired) electrons. The number of rotatable bonds is 62. The second-order valence-corrected chi connectivity index (χ2v) is 25.0. The topological polar surface area (TPSA) is 175 Å². The van der Waals surface area contributed by atoms with Crippen molar-refractivity contribution in [2.24, 2.45) is 0 Å². The summed E-state index contributed by atoms with van der Waals surface area (Å²) in [6.45, 7) is 5.82. The molecule has 0 bridgehead atoms. The van der Waals surface area contributed by atoms with E-state index in [4.69, 9.17) is 14.2 Å². The standard InChI is InChI=1S/C72H135NO10/c1-4-7-10-13-16-19-22-24-26-28-29-30-31-32-33-34-35-36-37-38-40-42-45-48-51-54-57-60-67(77)83-70-69(79)68(78)66(61-74)82-72(70)81-62-63(64(75)58-55-52-49-46-43-21-18-15-12-9-6-3)73-71(80)65(76)59-56-53-50-47-44-41-39-27-25-23-20-17-14-11-8-5-2/h24-27,55,58,63-66,68-70,72,74-76,78-79H,4-23,28-54,56-57,59-62H2,1-3H3,(H,73,80)/b26-24+,27-25+,58-55+. The maximum atomic E-state index is 13.4. The number of hydrogen-bond acceptors (Lipinski definition) is 10. The number of allylic oxidation sites excluding steroid dienone is 5. The van der Waals surface area contributed by atoms with Crippen LogP contribution < -0.4 is 5.32 Å². The fraction of sp³-hybridized carbons (Fsp3) is 0.889. The molecule has 488 valence electrons. The minimum Gasteiger partial charge on any atom is -0.454 e. The van der Waals surface area contributed by atoms with Gasteiger partial charge in [-0.05, 0) is 77.0 Å². The van der Waals surface area contributed by atoms with Crippen molar-refractivity contribution in [1.29, 1.82) is 0 Å². The van der Waals surface area contributed by atoms with E-state index in [0.29, 0.717) is 12.8 Å². The molecule has 8 unspecified atom stereocenters. The van der Waals surface area contributed by atoms with Crippen molar-refractivity contribution < 1.29 is 49.3 Å². The summed E-state index contributed by atoms with van der Waals surface area (Å²) in [5.74, 6) is -1.18. The van der Waals surface area contributed by atoms with Crippen LogP contribution in [0.4, 0.5) is 0 Å². The van der Waals surface area contributed by atoms with Crippen LogP contribution in [0.3, 0.4) is 0 Å². The lowest BCUT2D eigenvalue weighted by molar-refractivity contribution is -0.305. The number of amides is 1. The first-order valence-electron chi connectivity index (χ1n) is 35.8. The molecule has 11 nitrogen and oxygen atoms in total. The van der Waals surface area contributed by atoms with Gasteiger partial charge in [-0.1, -0.05) is 301 Å². The Balaban J connectivity index is 2.51. The fourth-order valence-corrected chi connectivity index (χ4v) is 11.3. The van der Waals surface area contributed by atoms with Gasteiger partial charge in [0.1, 0.15) is 24.4 Å². The van der Waals surface area contributed by atoms with Gasteiger partial charge >= 0.3 is 5.97 Å². The molecule has 1 aliphatic heterocycles. The van der Waals surface area contributed by atoms with Crippen LogP contribution in [-0.4, -0.2) is 99.6 Å². The Morgan fingerprint density at radius 2 is 0.795 bits per heavy atom. The second-order valence-electron chi connectivity index (χ2n) is 25.0. The van der Waals surface area contributed by atoms with Crippen LogP contribution in [0.2, 0.25) is 0 Å². The average molecular weight is 1170 g/mol. The van der Waals surface area contributed by atoms with E-state index < -0.39 is 67.4 Å². The molecule has 6 N–H and O–H groups in total. The average Bonchev–Trinajstić information content (AvgIpc) is 3.68. The van der Waals surface area contributed by atoms with Crippen LogP contribution in [-0.2, 0) is 23.8 Å². The molecule has 1 heterocycles. The van der Waals surface area contributed by atoms with Gasteiger partial charge in [0.15, 0.2) is 12.4 Å². The fourth-order valence-electron chi connectivity index (χ4n) is 11.3. The summed E-state index contributed by atoms with van der Waals surface area (Å²) in [5, 5.41) is 57.1. The van der Waals surface area contributed by atoms with Crippen molar-refractivity contribution in [3.63, 3.8) is 0 Å². The van der Waals surface area contributed by atoms with E-state index in [2.05, 4.69) is 50.4 Å². The monoisotopic (exact) mass is 1170 g/mol. The molecule has 83 heavy (non-hydrogen) atoms. The SMILES string of the molecule is CCCCCCCC/C=C/CCCCCCCCCCCCCCCCCCCC(=O)OC1C(OCC(NC(=O)C(O)CCCCCCCC/C=C/CCCCCCCC)C(O)/C=C/CCCCCCCCCCC)OC(CO)C(O)C1O. The zero-order chi connectivity index (χ0) is 60.3. The maximum Gasteiger partial charge on any atom is 0.306 e.